The highest BCUT2D eigenvalue weighted by Gasteiger charge is 2.41. The van der Waals surface area contributed by atoms with Gasteiger partial charge in [-0.15, -0.1) is 0 Å². The maximum absolute atomic E-state index is 14.2. The number of hydrogen-bond donors (Lipinski definition) is 1. The van der Waals surface area contributed by atoms with E-state index in [0.29, 0.717) is 23.8 Å². The molecule has 1 heterocycles. The summed E-state index contributed by atoms with van der Waals surface area (Å²) in [5.41, 5.74) is -0.687. The summed E-state index contributed by atoms with van der Waals surface area (Å²) in [6, 6.07) is 8.56. The van der Waals surface area contributed by atoms with E-state index in [1.165, 1.54) is 0 Å². The summed E-state index contributed by atoms with van der Waals surface area (Å²) in [5.74, 6) is -11.5. The van der Waals surface area contributed by atoms with E-state index in [1.54, 1.807) is 37.4 Å². The third-order valence-electron chi connectivity index (χ3n) is 4.84. The van der Waals surface area contributed by atoms with Gasteiger partial charge in [-0.05, 0) is 17.8 Å². The van der Waals surface area contributed by atoms with Crippen LogP contribution in [0.2, 0.25) is 0 Å². The highest BCUT2D eigenvalue weighted by atomic mass is 32.1. The van der Waals surface area contributed by atoms with Crippen LogP contribution in [-0.2, 0) is 5.60 Å². The summed E-state index contributed by atoms with van der Waals surface area (Å²) in [6.45, 7) is 0.758. The third-order valence-corrected chi connectivity index (χ3v) is 5.30. The Balaban J connectivity index is 2.03. The van der Waals surface area contributed by atoms with Crippen molar-refractivity contribution >= 4 is 17.3 Å². The van der Waals surface area contributed by atoms with Gasteiger partial charge in [0, 0.05) is 33.0 Å². The zero-order chi connectivity index (χ0) is 20.5. The van der Waals surface area contributed by atoms with Crippen molar-refractivity contribution in [2.75, 3.05) is 20.1 Å². The monoisotopic (exact) mass is 416 g/mol. The molecule has 0 amide bonds. The molecule has 2 aromatic rings. The largest absolute Gasteiger partial charge is 0.476 e. The Kier molecular flexibility index (Phi) is 5.74. The van der Waals surface area contributed by atoms with Crippen molar-refractivity contribution in [3.63, 3.8) is 0 Å². The zero-order valence-corrected chi connectivity index (χ0v) is 15.7. The Labute approximate surface area is 164 Å². The quantitative estimate of drug-likeness (QED) is 0.350. The van der Waals surface area contributed by atoms with Gasteiger partial charge in [-0.25, -0.2) is 13.2 Å². The van der Waals surface area contributed by atoms with Crippen LogP contribution < -0.4 is 10.1 Å². The van der Waals surface area contributed by atoms with Gasteiger partial charge in [-0.1, -0.05) is 30.3 Å². The highest BCUT2D eigenvalue weighted by Crippen LogP contribution is 2.41. The molecular weight excluding hydrogens is 399 g/mol. The van der Waals surface area contributed by atoms with Gasteiger partial charge in [-0.3, -0.25) is 0 Å². The number of likely N-dealkylation sites (tertiary alicyclic amines) is 1. The number of nitrogens with one attached hydrogen (secondary N) is 1. The van der Waals surface area contributed by atoms with Crippen LogP contribution in [0.5, 0.6) is 5.75 Å². The molecule has 1 fully saturated rings. The molecule has 3 rings (SSSR count). The molecule has 0 aliphatic carbocycles. The van der Waals surface area contributed by atoms with Crippen molar-refractivity contribution in [2.45, 2.75) is 18.4 Å². The number of nitrogens with zero attached hydrogens (tertiary/aromatic N) is 1. The van der Waals surface area contributed by atoms with E-state index < -0.39 is 40.4 Å². The Bertz CT molecular complexity index is 857. The zero-order valence-electron chi connectivity index (χ0n) is 14.9. The summed E-state index contributed by atoms with van der Waals surface area (Å²) in [7, 11) is 1.67. The summed E-state index contributed by atoms with van der Waals surface area (Å²) >= 11 is 5.20. The topological polar surface area (TPSA) is 24.5 Å². The van der Waals surface area contributed by atoms with Crippen LogP contribution >= 0.6 is 12.2 Å². The first-order valence-corrected chi connectivity index (χ1v) is 8.94. The van der Waals surface area contributed by atoms with Crippen LogP contribution in [0.3, 0.4) is 0 Å². The lowest BCUT2D eigenvalue weighted by Gasteiger charge is -2.43. The number of piperidine rings is 1. The molecule has 0 aromatic heterocycles. The van der Waals surface area contributed by atoms with Gasteiger partial charge in [0.2, 0.25) is 29.1 Å². The van der Waals surface area contributed by atoms with Crippen LogP contribution in [0.4, 0.5) is 22.0 Å². The molecular formula is C19H17F5N2OS. The first-order valence-electron chi connectivity index (χ1n) is 8.53. The second-order valence-corrected chi connectivity index (χ2v) is 6.79. The molecule has 1 aliphatic rings. The average molecular weight is 416 g/mol. The van der Waals surface area contributed by atoms with E-state index in [-0.39, 0.29) is 12.8 Å². The van der Waals surface area contributed by atoms with Gasteiger partial charge in [0.05, 0.1) is 0 Å². The molecule has 1 N–H and O–H groups in total. The minimum Gasteiger partial charge on any atom is -0.476 e. The van der Waals surface area contributed by atoms with Gasteiger partial charge in [-0.2, -0.15) is 8.78 Å². The number of hydrogen-bond acceptors (Lipinski definition) is 2. The summed E-state index contributed by atoms with van der Waals surface area (Å²) in [6.07, 6.45) is 0.469. The van der Waals surface area contributed by atoms with Crippen molar-refractivity contribution in [1.29, 1.82) is 0 Å². The average Bonchev–Trinajstić information content (AvgIpc) is 2.74. The normalized spacial score (nSPS) is 16.0. The van der Waals surface area contributed by atoms with E-state index in [9.17, 15) is 22.0 Å². The van der Waals surface area contributed by atoms with Gasteiger partial charge in [0.1, 0.15) is 5.60 Å². The highest BCUT2D eigenvalue weighted by molar-refractivity contribution is 7.80. The first-order chi connectivity index (χ1) is 13.3. The van der Waals surface area contributed by atoms with Crippen LogP contribution in [0, 0.1) is 29.1 Å². The Morgan fingerprint density at radius 3 is 1.93 bits per heavy atom. The minimum absolute atomic E-state index is 0.234. The molecule has 0 unspecified atom stereocenters. The predicted molar refractivity (Wildman–Crippen MR) is 97.4 cm³/mol. The Hall–Kier alpha value is -2.42. The van der Waals surface area contributed by atoms with E-state index in [2.05, 4.69) is 5.32 Å². The lowest BCUT2D eigenvalue weighted by molar-refractivity contribution is 0.00469. The fourth-order valence-corrected chi connectivity index (χ4v) is 3.47. The number of rotatable bonds is 3. The Morgan fingerprint density at radius 2 is 1.43 bits per heavy atom. The SMILES string of the molecule is CNC(=S)N1CCC(Oc2c(F)c(F)c(F)c(F)c2F)(c2ccccc2)CC1. The number of halogens is 5. The molecule has 1 saturated heterocycles. The maximum Gasteiger partial charge on any atom is 0.207 e. The van der Waals surface area contributed by atoms with Crippen molar-refractivity contribution in [1.82, 2.24) is 10.2 Å². The van der Waals surface area contributed by atoms with Gasteiger partial charge in [0.15, 0.2) is 10.9 Å². The van der Waals surface area contributed by atoms with Crippen molar-refractivity contribution < 1.29 is 26.7 Å². The van der Waals surface area contributed by atoms with Gasteiger partial charge >= 0.3 is 0 Å². The number of ether oxygens (including phenoxy) is 1. The standard InChI is InChI=1S/C19H17F5N2OS/c1-25-18(28)26-9-7-19(8-10-26,11-5-3-2-4-6-11)27-17-15(23)13(21)12(20)14(22)16(17)24/h2-6H,7-10H2,1H3,(H,25,28). The number of thiocarbonyl (C=S) groups is 1. The van der Waals surface area contributed by atoms with Crippen molar-refractivity contribution in [2.24, 2.45) is 0 Å². The molecule has 9 heteroatoms. The van der Waals surface area contributed by atoms with Crippen LogP contribution in [-0.4, -0.2) is 30.1 Å². The molecule has 150 valence electrons. The van der Waals surface area contributed by atoms with Crippen LogP contribution in [0.15, 0.2) is 30.3 Å². The lowest BCUT2D eigenvalue weighted by Crippen LogP contribution is -2.50. The van der Waals surface area contributed by atoms with E-state index in [4.69, 9.17) is 17.0 Å². The fourth-order valence-electron chi connectivity index (χ4n) is 3.29. The third kappa shape index (κ3) is 3.50. The van der Waals surface area contributed by atoms with Crippen LogP contribution in [0.1, 0.15) is 18.4 Å². The van der Waals surface area contributed by atoms with Crippen molar-refractivity contribution in [3.8, 4) is 5.75 Å². The molecule has 2 aromatic carbocycles. The van der Waals surface area contributed by atoms with E-state index >= 15 is 0 Å². The second kappa shape index (κ2) is 7.90. The van der Waals surface area contributed by atoms with E-state index in [0.717, 1.165) is 0 Å². The summed E-state index contributed by atoms with van der Waals surface area (Å²) in [5, 5.41) is 3.34. The van der Waals surface area contributed by atoms with Gasteiger partial charge < -0.3 is 15.0 Å². The van der Waals surface area contributed by atoms with Gasteiger partial charge in [0.25, 0.3) is 0 Å². The minimum atomic E-state index is -2.22. The molecule has 0 saturated carbocycles. The van der Waals surface area contributed by atoms with Crippen LogP contribution in [0.25, 0.3) is 0 Å². The predicted octanol–water partition coefficient (Wildman–Crippen LogP) is 4.26. The molecule has 1 aliphatic heterocycles. The molecule has 0 bridgehead atoms. The number of benzene rings is 2. The second-order valence-electron chi connectivity index (χ2n) is 6.40. The van der Waals surface area contributed by atoms with E-state index in [1.807, 2.05) is 4.90 Å². The molecule has 0 radical (unpaired) electrons. The fraction of sp³-hybridized carbons (Fsp3) is 0.316. The molecule has 0 spiro atoms. The van der Waals surface area contributed by atoms with Crippen molar-refractivity contribution in [3.05, 3.63) is 65.0 Å². The lowest BCUT2D eigenvalue weighted by atomic mass is 9.84. The summed E-state index contributed by atoms with van der Waals surface area (Å²) in [4.78, 5) is 1.85. The Morgan fingerprint density at radius 1 is 0.929 bits per heavy atom. The molecule has 3 nitrogen and oxygen atoms in total. The molecule has 28 heavy (non-hydrogen) atoms. The summed E-state index contributed by atoms with van der Waals surface area (Å²) < 4.78 is 74.6. The maximum atomic E-state index is 14.2. The molecule has 0 atom stereocenters. The smallest absolute Gasteiger partial charge is 0.207 e. The first kappa shape index (κ1) is 20.3.